The van der Waals surface area contributed by atoms with E-state index in [0.717, 1.165) is 18.5 Å². The number of benzene rings is 1. The maximum atomic E-state index is 13.1. The Morgan fingerprint density at radius 2 is 2.31 bits per heavy atom. The summed E-state index contributed by atoms with van der Waals surface area (Å²) in [6.45, 7) is 5.54. The van der Waals surface area contributed by atoms with Gasteiger partial charge in [-0.3, -0.25) is 0 Å². The average molecular weight is 244 g/mol. The van der Waals surface area contributed by atoms with Gasteiger partial charge in [-0.05, 0) is 30.7 Å². The molecule has 0 atom stereocenters. The lowest BCUT2D eigenvalue weighted by Gasteiger charge is -2.05. The first-order valence-electron chi connectivity index (χ1n) is 5.11. The molecule has 0 bridgehead atoms. The number of nitrogens with one attached hydrogen (secondary N) is 1. The third-order valence-corrected chi connectivity index (χ3v) is 2.35. The third-order valence-electron chi connectivity index (χ3n) is 2.05. The molecule has 88 valence electrons. The summed E-state index contributed by atoms with van der Waals surface area (Å²) in [5.74, 6) is -0.379. The maximum absolute atomic E-state index is 13.1. The molecule has 0 aliphatic carbocycles. The molecule has 0 amide bonds. The van der Waals surface area contributed by atoms with Crippen molar-refractivity contribution in [2.75, 3.05) is 13.2 Å². The Kier molecular flexibility index (Phi) is 5.90. The maximum Gasteiger partial charge on any atom is 0.142 e. The van der Waals surface area contributed by atoms with Gasteiger partial charge in [-0.25, -0.2) is 4.39 Å². The topological polar surface area (TPSA) is 21.3 Å². The Morgan fingerprint density at radius 1 is 1.50 bits per heavy atom. The molecule has 1 aromatic rings. The standard InChI is InChI=1S/C12H15ClFNO/c1-2-16-7-3-6-15-9-10-4-5-11(13)12(14)8-10/h2,4-5,8,15H,1,3,6-7,9H2. The van der Waals surface area contributed by atoms with Crippen molar-refractivity contribution >= 4 is 11.6 Å². The second-order valence-electron chi connectivity index (χ2n) is 3.32. The lowest BCUT2D eigenvalue weighted by Crippen LogP contribution is -2.16. The molecule has 0 saturated carbocycles. The largest absolute Gasteiger partial charge is 0.502 e. The van der Waals surface area contributed by atoms with Crippen LogP contribution in [0.25, 0.3) is 0 Å². The summed E-state index contributed by atoms with van der Waals surface area (Å²) in [5.41, 5.74) is 0.881. The zero-order valence-corrected chi connectivity index (χ0v) is 9.77. The van der Waals surface area contributed by atoms with Crippen LogP contribution in [-0.2, 0) is 11.3 Å². The molecule has 1 N–H and O–H groups in total. The molecule has 2 nitrogen and oxygen atoms in total. The summed E-state index contributed by atoms with van der Waals surface area (Å²) in [6.07, 6.45) is 2.32. The molecular formula is C12H15ClFNO. The fraction of sp³-hybridized carbons (Fsp3) is 0.333. The van der Waals surface area contributed by atoms with Gasteiger partial charge in [0, 0.05) is 6.54 Å². The normalized spacial score (nSPS) is 10.1. The van der Waals surface area contributed by atoms with Crippen molar-refractivity contribution in [3.63, 3.8) is 0 Å². The van der Waals surface area contributed by atoms with E-state index in [0.29, 0.717) is 13.2 Å². The summed E-state index contributed by atoms with van der Waals surface area (Å²) < 4.78 is 18.0. The minimum Gasteiger partial charge on any atom is -0.502 e. The van der Waals surface area contributed by atoms with E-state index in [4.69, 9.17) is 16.3 Å². The van der Waals surface area contributed by atoms with Gasteiger partial charge in [-0.2, -0.15) is 0 Å². The SMILES string of the molecule is C=COCCCNCc1ccc(Cl)c(F)c1. The van der Waals surface area contributed by atoms with Crippen molar-refractivity contribution in [2.24, 2.45) is 0 Å². The summed E-state index contributed by atoms with van der Waals surface area (Å²) in [6, 6.07) is 4.81. The predicted octanol–water partition coefficient (Wildman–Crippen LogP) is 3.12. The molecule has 0 unspecified atom stereocenters. The van der Waals surface area contributed by atoms with Crippen LogP contribution < -0.4 is 5.32 Å². The molecule has 0 radical (unpaired) electrons. The van der Waals surface area contributed by atoms with Crippen LogP contribution in [0.5, 0.6) is 0 Å². The Labute approximate surface area is 100 Å². The Morgan fingerprint density at radius 3 is 3.00 bits per heavy atom. The fourth-order valence-electron chi connectivity index (χ4n) is 1.25. The third kappa shape index (κ3) is 4.64. The van der Waals surface area contributed by atoms with Crippen LogP contribution in [-0.4, -0.2) is 13.2 Å². The van der Waals surface area contributed by atoms with Gasteiger partial charge in [0.25, 0.3) is 0 Å². The lowest BCUT2D eigenvalue weighted by atomic mass is 10.2. The molecule has 0 saturated heterocycles. The average Bonchev–Trinajstić information content (AvgIpc) is 2.28. The first-order valence-corrected chi connectivity index (χ1v) is 5.49. The van der Waals surface area contributed by atoms with E-state index < -0.39 is 0 Å². The second-order valence-corrected chi connectivity index (χ2v) is 3.72. The van der Waals surface area contributed by atoms with E-state index in [1.165, 1.54) is 12.3 Å². The molecule has 4 heteroatoms. The molecule has 0 heterocycles. The first kappa shape index (κ1) is 13.0. The molecular weight excluding hydrogens is 229 g/mol. The molecule has 0 aliphatic heterocycles. The van der Waals surface area contributed by atoms with Gasteiger partial charge < -0.3 is 10.1 Å². The highest BCUT2D eigenvalue weighted by atomic mass is 35.5. The van der Waals surface area contributed by atoms with Gasteiger partial charge in [0.1, 0.15) is 5.82 Å². The highest BCUT2D eigenvalue weighted by molar-refractivity contribution is 6.30. The highest BCUT2D eigenvalue weighted by Crippen LogP contribution is 2.15. The first-order chi connectivity index (χ1) is 7.74. The van der Waals surface area contributed by atoms with Crippen molar-refractivity contribution in [3.8, 4) is 0 Å². The van der Waals surface area contributed by atoms with Crippen LogP contribution in [0.1, 0.15) is 12.0 Å². The van der Waals surface area contributed by atoms with E-state index >= 15 is 0 Å². The van der Waals surface area contributed by atoms with Crippen molar-refractivity contribution in [1.29, 1.82) is 0 Å². The highest BCUT2D eigenvalue weighted by Gasteiger charge is 2.00. The summed E-state index contributed by atoms with van der Waals surface area (Å²) in [5, 5.41) is 3.34. The monoisotopic (exact) mass is 243 g/mol. The van der Waals surface area contributed by atoms with Crippen molar-refractivity contribution in [3.05, 3.63) is 47.4 Å². The van der Waals surface area contributed by atoms with E-state index in [9.17, 15) is 4.39 Å². The number of halogens is 2. The van der Waals surface area contributed by atoms with Crippen LogP contribution in [0.3, 0.4) is 0 Å². The van der Waals surface area contributed by atoms with E-state index in [1.807, 2.05) is 0 Å². The van der Waals surface area contributed by atoms with Gasteiger partial charge in [0.15, 0.2) is 0 Å². The number of ether oxygens (including phenoxy) is 1. The van der Waals surface area contributed by atoms with Crippen molar-refractivity contribution < 1.29 is 9.13 Å². The fourth-order valence-corrected chi connectivity index (χ4v) is 1.36. The quantitative estimate of drug-likeness (QED) is 0.587. The Hall–Kier alpha value is -1.06. The molecule has 1 rings (SSSR count). The van der Waals surface area contributed by atoms with Gasteiger partial charge >= 0.3 is 0 Å². The zero-order valence-electron chi connectivity index (χ0n) is 9.01. The van der Waals surface area contributed by atoms with Gasteiger partial charge in [-0.15, -0.1) is 0 Å². The molecule has 16 heavy (non-hydrogen) atoms. The number of rotatable bonds is 7. The summed E-state index contributed by atoms with van der Waals surface area (Å²) in [4.78, 5) is 0. The predicted molar refractivity (Wildman–Crippen MR) is 63.9 cm³/mol. The van der Waals surface area contributed by atoms with Crippen LogP contribution in [0, 0.1) is 5.82 Å². The molecule has 0 aliphatic rings. The van der Waals surface area contributed by atoms with Crippen LogP contribution in [0.2, 0.25) is 5.02 Å². The lowest BCUT2D eigenvalue weighted by molar-refractivity contribution is 0.244. The van der Waals surface area contributed by atoms with Gasteiger partial charge in [0.05, 0.1) is 17.9 Å². The van der Waals surface area contributed by atoms with Crippen LogP contribution in [0.4, 0.5) is 4.39 Å². The molecule has 0 spiro atoms. The number of hydrogen-bond donors (Lipinski definition) is 1. The summed E-state index contributed by atoms with van der Waals surface area (Å²) >= 11 is 5.58. The van der Waals surface area contributed by atoms with E-state index in [2.05, 4.69) is 11.9 Å². The van der Waals surface area contributed by atoms with E-state index in [-0.39, 0.29) is 10.8 Å². The Balaban J connectivity index is 2.21. The van der Waals surface area contributed by atoms with Crippen LogP contribution >= 0.6 is 11.6 Å². The molecule has 1 aromatic carbocycles. The van der Waals surface area contributed by atoms with Gasteiger partial charge in [-0.1, -0.05) is 24.2 Å². The van der Waals surface area contributed by atoms with Gasteiger partial charge in [0.2, 0.25) is 0 Å². The number of hydrogen-bond acceptors (Lipinski definition) is 2. The minimum absolute atomic E-state index is 0.156. The smallest absolute Gasteiger partial charge is 0.142 e. The van der Waals surface area contributed by atoms with E-state index in [1.54, 1.807) is 12.1 Å². The van der Waals surface area contributed by atoms with Crippen molar-refractivity contribution in [1.82, 2.24) is 5.32 Å². The van der Waals surface area contributed by atoms with Crippen molar-refractivity contribution in [2.45, 2.75) is 13.0 Å². The van der Waals surface area contributed by atoms with Crippen LogP contribution in [0.15, 0.2) is 31.0 Å². The molecule has 0 aromatic heterocycles. The Bertz CT molecular complexity index is 344. The summed E-state index contributed by atoms with van der Waals surface area (Å²) in [7, 11) is 0. The zero-order chi connectivity index (χ0) is 11.8. The second kappa shape index (κ2) is 7.25. The molecule has 0 fully saturated rings. The minimum atomic E-state index is -0.379.